The van der Waals surface area contributed by atoms with Crippen molar-refractivity contribution in [1.82, 2.24) is 10.6 Å². The van der Waals surface area contributed by atoms with Gasteiger partial charge in [-0.05, 0) is 53.8 Å². The monoisotopic (exact) mass is 676 g/mol. The number of nitrogens with one attached hydrogen (secondary N) is 2. The van der Waals surface area contributed by atoms with Gasteiger partial charge in [-0.15, -0.1) is 0 Å². The summed E-state index contributed by atoms with van der Waals surface area (Å²) in [6.45, 7) is 0.145. The number of esters is 1. The molecular formula is C39H52N2O8. The number of hydrogen-bond acceptors (Lipinski definition) is 8. The van der Waals surface area contributed by atoms with Gasteiger partial charge >= 0.3 is 5.97 Å². The van der Waals surface area contributed by atoms with Crippen LogP contribution in [0, 0.1) is 0 Å². The van der Waals surface area contributed by atoms with Crippen LogP contribution >= 0.6 is 0 Å². The number of carbonyl (C=O) groups excluding carboxylic acids is 3. The normalized spacial score (nSPS) is 11.8. The molecule has 2 amide bonds. The van der Waals surface area contributed by atoms with E-state index in [9.17, 15) is 19.5 Å². The van der Waals surface area contributed by atoms with Crippen LogP contribution in [0.2, 0.25) is 0 Å². The van der Waals surface area contributed by atoms with Gasteiger partial charge in [-0.2, -0.15) is 0 Å². The number of carbonyl (C=O) groups is 3. The Morgan fingerprint density at radius 2 is 1.10 bits per heavy atom. The summed E-state index contributed by atoms with van der Waals surface area (Å²) in [7, 11) is 4.62. The summed E-state index contributed by atoms with van der Waals surface area (Å²) in [5, 5.41) is 16.4. The van der Waals surface area contributed by atoms with E-state index in [1.165, 1.54) is 7.11 Å². The number of aliphatic hydroxyl groups is 1. The maximum absolute atomic E-state index is 12.9. The Morgan fingerprint density at radius 1 is 0.633 bits per heavy atom. The number of benzene rings is 3. The van der Waals surface area contributed by atoms with Crippen LogP contribution in [-0.4, -0.2) is 70.0 Å². The number of ether oxygens (including phenoxy) is 4. The number of amides is 2. The molecule has 0 aromatic heterocycles. The molecule has 3 aromatic carbocycles. The van der Waals surface area contributed by atoms with Gasteiger partial charge in [0.25, 0.3) is 5.91 Å². The molecule has 0 aliphatic rings. The molecule has 49 heavy (non-hydrogen) atoms. The van der Waals surface area contributed by atoms with Crippen molar-refractivity contribution in [1.29, 1.82) is 0 Å². The fourth-order valence-electron chi connectivity index (χ4n) is 5.67. The second kappa shape index (κ2) is 21.5. The summed E-state index contributed by atoms with van der Waals surface area (Å²) >= 11 is 0. The maximum Gasteiger partial charge on any atom is 0.305 e. The van der Waals surface area contributed by atoms with Gasteiger partial charge < -0.3 is 34.7 Å². The summed E-state index contributed by atoms with van der Waals surface area (Å²) in [6.07, 6.45) is 7.56. The highest BCUT2D eigenvalue weighted by molar-refractivity contribution is 5.80. The maximum atomic E-state index is 12.9. The molecule has 3 rings (SSSR count). The Morgan fingerprint density at radius 3 is 1.61 bits per heavy atom. The second-order valence-corrected chi connectivity index (χ2v) is 11.9. The SMILES string of the molecule is COC(=O)CCCCCCCCCCC(=O)NCCNC(=O)[C@@H](O)COC(c1ccccc1)(c1ccc(OC)cc1)c1ccc(OC)cc1. The lowest BCUT2D eigenvalue weighted by molar-refractivity contribution is -0.140. The highest BCUT2D eigenvalue weighted by Gasteiger charge is 2.39. The molecule has 0 radical (unpaired) electrons. The van der Waals surface area contributed by atoms with Gasteiger partial charge in [-0.25, -0.2) is 0 Å². The van der Waals surface area contributed by atoms with Gasteiger partial charge in [-0.1, -0.05) is 93.1 Å². The first-order valence-electron chi connectivity index (χ1n) is 17.1. The number of aliphatic hydroxyl groups excluding tert-OH is 1. The minimum absolute atomic E-state index is 0.0624. The minimum Gasteiger partial charge on any atom is -0.497 e. The molecule has 3 N–H and O–H groups in total. The summed E-state index contributed by atoms with van der Waals surface area (Å²) in [6, 6.07) is 24.6. The van der Waals surface area contributed by atoms with Gasteiger partial charge in [0.1, 0.15) is 17.1 Å². The van der Waals surface area contributed by atoms with E-state index in [-0.39, 0.29) is 31.6 Å². The van der Waals surface area contributed by atoms with Crippen molar-refractivity contribution in [3.05, 3.63) is 95.6 Å². The van der Waals surface area contributed by atoms with E-state index < -0.39 is 17.6 Å². The van der Waals surface area contributed by atoms with Crippen molar-refractivity contribution in [3.8, 4) is 11.5 Å². The van der Waals surface area contributed by atoms with E-state index >= 15 is 0 Å². The van der Waals surface area contributed by atoms with Crippen molar-refractivity contribution < 1.29 is 38.4 Å². The molecule has 10 nitrogen and oxygen atoms in total. The van der Waals surface area contributed by atoms with E-state index in [0.717, 1.165) is 68.1 Å². The first kappa shape index (κ1) is 39.0. The van der Waals surface area contributed by atoms with Gasteiger partial charge in [0, 0.05) is 25.9 Å². The van der Waals surface area contributed by atoms with Crippen LogP contribution in [0.1, 0.15) is 80.9 Å². The molecule has 0 saturated heterocycles. The van der Waals surface area contributed by atoms with Gasteiger partial charge in [0.2, 0.25) is 5.91 Å². The van der Waals surface area contributed by atoms with Crippen molar-refractivity contribution in [2.75, 3.05) is 41.0 Å². The number of unbranched alkanes of at least 4 members (excludes halogenated alkanes) is 7. The van der Waals surface area contributed by atoms with E-state index in [4.69, 9.17) is 14.2 Å². The lowest BCUT2D eigenvalue weighted by Gasteiger charge is -2.36. The van der Waals surface area contributed by atoms with Crippen molar-refractivity contribution in [2.45, 2.75) is 75.9 Å². The average molecular weight is 677 g/mol. The first-order chi connectivity index (χ1) is 23.8. The van der Waals surface area contributed by atoms with Crippen molar-refractivity contribution >= 4 is 17.8 Å². The van der Waals surface area contributed by atoms with E-state index in [2.05, 4.69) is 15.4 Å². The molecule has 0 spiro atoms. The van der Waals surface area contributed by atoms with Crippen LogP contribution in [0.4, 0.5) is 0 Å². The molecule has 10 heteroatoms. The molecule has 0 heterocycles. The lowest BCUT2D eigenvalue weighted by Crippen LogP contribution is -2.43. The molecule has 0 bridgehead atoms. The van der Waals surface area contributed by atoms with Crippen LogP contribution in [0.15, 0.2) is 78.9 Å². The number of methoxy groups -OCH3 is 3. The zero-order chi connectivity index (χ0) is 35.3. The van der Waals surface area contributed by atoms with Crippen molar-refractivity contribution in [2.24, 2.45) is 0 Å². The fraction of sp³-hybridized carbons (Fsp3) is 0.462. The third kappa shape index (κ3) is 12.5. The van der Waals surface area contributed by atoms with Crippen LogP contribution < -0.4 is 20.1 Å². The van der Waals surface area contributed by atoms with E-state index in [1.807, 2.05) is 78.9 Å². The second-order valence-electron chi connectivity index (χ2n) is 11.9. The average Bonchev–Trinajstić information content (AvgIpc) is 3.14. The van der Waals surface area contributed by atoms with Crippen LogP contribution in [0.5, 0.6) is 11.5 Å². The van der Waals surface area contributed by atoms with Gasteiger partial charge in [-0.3, -0.25) is 14.4 Å². The van der Waals surface area contributed by atoms with Gasteiger partial charge in [0.05, 0.1) is 27.9 Å². The first-order valence-corrected chi connectivity index (χ1v) is 17.1. The molecule has 266 valence electrons. The van der Waals surface area contributed by atoms with Crippen LogP contribution in [0.25, 0.3) is 0 Å². The third-order valence-corrected chi connectivity index (χ3v) is 8.44. The van der Waals surface area contributed by atoms with Crippen LogP contribution in [-0.2, 0) is 29.5 Å². The van der Waals surface area contributed by atoms with Gasteiger partial charge in [0.15, 0.2) is 6.10 Å². The Balaban J connectivity index is 1.48. The topological polar surface area (TPSA) is 132 Å². The Bertz CT molecular complexity index is 1350. The Labute approximate surface area is 290 Å². The smallest absolute Gasteiger partial charge is 0.305 e. The summed E-state index contributed by atoms with van der Waals surface area (Å²) in [5.74, 6) is 0.562. The van der Waals surface area contributed by atoms with Crippen molar-refractivity contribution in [3.63, 3.8) is 0 Å². The summed E-state index contributed by atoms with van der Waals surface area (Å²) < 4.78 is 22.0. The molecule has 0 aliphatic heterocycles. The third-order valence-electron chi connectivity index (χ3n) is 8.44. The predicted octanol–water partition coefficient (Wildman–Crippen LogP) is 5.68. The Hall–Kier alpha value is -4.41. The van der Waals surface area contributed by atoms with E-state index in [1.54, 1.807) is 14.2 Å². The quantitative estimate of drug-likeness (QED) is 0.0665. The predicted molar refractivity (Wildman–Crippen MR) is 188 cm³/mol. The molecule has 0 aliphatic carbocycles. The highest BCUT2D eigenvalue weighted by Crippen LogP contribution is 2.41. The molecular weight excluding hydrogens is 624 g/mol. The summed E-state index contributed by atoms with van der Waals surface area (Å²) in [4.78, 5) is 36.3. The highest BCUT2D eigenvalue weighted by atomic mass is 16.5. The summed E-state index contributed by atoms with van der Waals surface area (Å²) in [5.41, 5.74) is 1.22. The zero-order valence-corrected chi connectivity index (χ0v) is 29.1. The fourth-order valence-corrected chi connectivity index (χ4v) is 5.67. The molecule has 0 saturated carbocycles. The standard InChI is InChI=1S/C39H52N2O8/c1-46-33-23-19-31(20-24-33)39(30-15-11-10-12-16-30,32-21-25-34(47-2)26-22-32)49-29-35(42)38(45)41-28-27-40-36(43)17-13-8-6-4-5-7-9-14-18-37(44)48-3/h10-12,15-16,19-26,35,42H,4-9,13-14,17-18,27-29H2,1-3H3,(H,40,43)(H,41,45)/t35-/m0/s1. The molecule has 3 aromatic rings. The minimum atomic E-state index is -1.46. The largest absolute Gasteiger partial charge is 0.497 e. The number of rotatable bonds is 23. The van der Waals surface area contributed by atoms with E-state index in [0.29, 0.717) is 24.3 Å². The zero-order valence-electron chi connectivity index (χ0n) is 29.1. The molecule has 1 atom stereocenters. The Kier molecular flexibility index (Phi) is 17.2. The molecule has 0 unspecified atom stereocenters. The molecule has 0 fully saturated rings. The number of hydrogen-bond donors (Lipinski definition) is 3. The lowest BCUT2D eigenvalue weighted by atomic mass is 9.80. The van der Waals surface area contributed by atoms with Crippen LogP contribution in [0.3, 0.4) is 0 Å².